The van der Waals surface area contributed by atoms with Gasteiger partial charge in [-0.05, 0) is 64.4 Å². The molecule has 5 heterocycles. The lowest BCUT2D eigenvalue weighted by Gasteiger charge is -2.55. The first kappa shape index (κ1) is 36.3. The molecule has 1 aliphatic carbocycles. The number of β-amino-alcohol motifs (C(OH)–C–C–N with tert-alkyl or cyclic N) is 1. The van der Waals surface area contributed by atoms with Crippen LogP contribution in [0.4, 0.5) is 19.0 Å². The van der Waals surface area contributed by atoms with E-state index in [1.165, 1.54) is 29.6 Å². The molecule has 5 aliphatic rings. The topological polar surface area (TPSA) is 147 Å². The minimum atomic E-state index is -3.48. The number of piperidine rings is 1. The molecule has 2 aromatic rings. The molecule has 280 valence electrons. The van der Waals surface area contributed by atoms with E-state index in [9.17, 15) is 31.5 Å². The number of benzene rings is 1. The number of amides is 1. The highest BCUT2D eigenvalue weighted by molar-refractivity contribution is 7.90. The van der Waals surface area contributed by atoms with Gasteiger partial charge in [0, 0.05) is 55.9 Å². The molecule has 13 nitrogen and oxygen atoms in total. The summed E-state index contributed by atoms with van der Waals surface area (Å²) in [6.45, 7) is 7.22. The van der Waals surface area contributed by atoms with Crippen molar-refractivity contribution in [2.24, 2.45) is 5.41 Å². The maximum Gasteiger partial charge on any atom is 0.258 e. The molecule has 7 rings (SSSR count). The van der Waals surface area contributed by atoms with Gasteiger partial charge in [-0.15, -0.1) is 0 Å². The molecule has 1 amide bonds. The van der Waals surface area contributed by atoms with Gasteiger partial charge in [0.2, 0.25) is 10.0 Å². The Bertz CT molecular complexity index is 1700. The second kappa shape index (κ2) is 13.7. The summed E-state index contributed by atoms with van der Waals surface area (Å²) in [5.41, 5.74) is -0.0338. The van der Waals surface area contributed by atoms with E-state index < -0.39 is 57.6 Å². The van der Waals surface area contributed by atoms with E-state index in [0.29, 0.717) is 38.3 Å². The van der Waals surface area contributed by atoms with Crippen LogP contribution in [0.25, 0.3) is 0 Å². The van der Waals surface area contributed by atoms with Crippen molar-refractivity contribution >= 4 is 21.7 Å². The Morgan fingerprint density at radius 3 is 2.47 bits per heavy atom. The lowest BCUT2D eigenvalue weighted by atomic mass is 9.72. The van der Waals surface area contributed by atoms with Gasteiger partial charge in [-0.2, -0.15) is 0 Å². The zero-order valence-electron chi connectivity index (χ0n) is 28.8. The number of aliphatic hydroxyl groups is 1. The molecule has 2 N–H and O–H groups in total. The molecule has 17 heteroatoms. The van der Waals surface area contributed by atoms with Gasteiger partial charge in [0.15, 0.2) is 17.4 Å². The van der Waals surface area contributed by atoms with Gasteiger partial charge in [-0.25, -0.2) is 36.3 Å². The molecule has 2 atom stereocenters. The molecule has 51 heavy (non-hydrogen) atoms. The summed E-state index contributed by atoms with van der Waals surface area (Å²) in [6, 6.07) is 2.17. The summed E-state index contributed by atoms with van der Waals surface area (Å²) in [7, 11) is -3.48. The minimum Gasteiger partial charge on any atom is -0.451 e. The van der Waals surface area contributed by atoms with Gasteiger partial charge in [0.05, 0.1) is 38.1 Å². The zero-order valence-corrected chi connectivity index (χ0v) is 29.6. The fraction of sp³-hybridized carbons (Fsp3) is 0.676. The van der Waals surface area contributed by atoms with E-state index in [1.807, 2.05) is 0 Å². The molecule has 0 bridgehead atoms. The Labute approximate surface area is 295 Å². The van der Waals surface area contributed by atoms with Gasteiger partial charge >= 0.3 is 0 Å². The van der Waals surface area contributed by atoms with Gasteiger partial charge in [-0.1, -0.05) is 0 Å². The zero-order chi connectivity index (χ0) is 36.2. The fourth-order valence-corrected chi connectivity index (χ4v) is 9.19. The summed E-state index contributed by atoms with van der Waals surface area (Å²) < 4.78 is 86.5. The van der Waals surface area contributed by atoms with Crippen LogP contribution in [0.1, 0.15) is 62.7 Å². The van der Waals surface area contributed by atoms with Gasteiger partial charge < -0.3 is 29.1 Å². The molecule has 1 aromatic heterocycles. The molecule has 1 aromatic carbocycles. The lowest BCUT2D eigenvalue weighted by Crippen LogP contribution is -2.62. The van der Waals surface area contributed by atoms with E-state index in [1.54, 1.807) is 13.8 Å². The monoisotopic (exact) mass is 738 g/mol. The van der Waals surface area contributed by atoms with E-state index in [-0.39, 0.29) is 54.4 Å². The van der Waals surface area contributed by atoms with Crippen molar-refractivity contribution in [3.8, 4) is 11.5 Å². The predicted octanol–water partition coefficient (Wildman–Crippen LogP) is 3.14. The number of carbonyl (C=O) groups is 1. The predicted molar refractivity (Wildman–Crippen MR) is 179 cm³/mol. The smallest absolute Gasteiger partial charge is 0.258 e. The van der Waals surface area contributed by atoms with Gasteiger partial charge in [0.1, 0.15) is 23.1 Å². The van der Waals surface area contributed by atoms with Crippen LogP contribution in [0.15, 0.2) is 30.7 Å². The highest BCUT2D eigenvalue weighted by Gasteiger charge is 2.51. The van der Waals surface area contributed by atoms with Gasteiger partial charge in [-0.3, -0.25) is 9.69 Å². The highest BCUT2D eigenvalue weighted by atomic mass is 32.2. The number of hydrogen-bond donors (Lipinski definition) is 2. The molecule has 5 fully saturated rings. The molecule has 1 spiro atoms. The summed E-state index contributed by atoms with van der Waals surface area (Å²) >= 11 is 0. The summed E-state index contributed by atoms with van der Waals surface area (Å²) in [5.74, 6) is -4.51. The lowest BCUT2D eigenvalue weighted by molar-refractivity contribution is -0.239. The van der Waals surface area contributed by atoms with E-state index >= 15 is 0 Å². The average molecular weight is 739 g/mol. The Balaban J connectivity index is 0.941. The second-order valence-corrected chi connectivity index (χ2v) is 17.1. The standard InChI is InChI=1S/C34H45F3N6O7S/c1-22(2)43(25-12-33(36,37)13-25)31(44)27-11-23(35)3-4-28(27)50-29-14-38-21-39-30(29)42-18-32(19-42)7-9-41(10-8-32)20-34(45)6-5-24(15-49-34)40-51(46,47)26-16-48-17-26/h3-4,11,14,21-22,24-26,40,45H,5-10,12-13,15-20H2,1-2H3/t24-,34-/m1/s1. The molecule has 0 radical (unpaired) electrons. The van der Waals surface area contributed by atoms with Crippen molar-refractivity contribution in [3.63, 3.8) is 0 Å². The van der Waals surface area contributed by atoms with Crippen LogP contribution in [0.2, 0.25) is 0 Å². The van der Waals surface area contributed by atoms with E-state index in [4.69, 9.17) is 14.2 Å². The number of ether oxygens (including phenoxy) is 3. The number of hydrogen-bond acceptors (Lipinski definition) is 11. The van der Waals surface area contributed by atoms with Crippen LogP contribution in [0, 0.1) is 11.2 Å². The largest absolute Gasteiger partial charge is 0.451 e. The van der Waals surface area contributed by atoms with Crippen LogP contribution in [0.5, 0.6) is 11.5 Å². The average Bonchev–Trinajstić information content (AvgIpc) is 3.01. The van der Waals surface area contributed by atoms with Crippen LogP contribution in [0.3, 0.4) is 0 Å². The molecule has 4 saturated heterocycles. The number of carbonyl (C=O) groups excluding carboxylic acids is 1. The van der Waals surface area contributed by atoms with E-state index in [2.05, 4.69) is 24.5 Å². The van der Waals surface area contributed by atoms with Crippen LogP contribution < -0.4 is 14.4 Å². The van der Waals surface area contributed by atoms with E-state index in [0.717, 1.165) is 32.0 Å². The Kier molecular flexibility index (Phi) is 9.75. The van der Waals surface area contributed by atoms with Crippen LogP contribution in [-0.2, 0) is 19.5 Å². The number of sulfonamides is 1. The number of aromatic nitrogens is 2. The first-order chi connectivity index (χ1) is 24.1. The van der Waals surface area contributed by atoms with Gasteiger partial charge in [0.25, 0.3) is 11.8 Å². The highest BCUT2D eigenvalue weighted by Crippen LogP contribution is 2.46. The molecule has 1 saturated carbocycles. The number of likely N-dealkylation sites (tertiary alicyclic amines) is 1. The normalized spacial score (nSPS) is 26.7. The number of alkyl halides is 2. The van der Waals surface area contributed by atoms with Crippen molar-refractivity contribution in [3.05, 3.63) is 42.1 Å². The summed E-state index contributed by atoms with van der Waals surface area (Å²) in [6.07, 6.45) is 4.58. The number of nitrogens with one attached hydrogen (secondary N) is 1. The third-order valence-corrected chi connectivity index (χ3v) is 12.7. The maximum absolute atomic E-state index is 14.5. The minimum absolute atomic E-state index is 0.0307. The molecule has 4 aliphatic heterocycles. The Morgan fingerprint density at radius 1 is 1.14 bits per heavy atom. The van der Waals surface area contributed by atoms with Crippen LogP contribution >= 0.6 is 0 Å². The number of anilines is 1. The second-order valence-electron chi connectivity index (χ2n) is 15.1. The number of nitrogens with zero attached hydrogens (tertiary/aromatic N) is 5. The third kappa shape index (κ3) is 7.69. The molecule has 0 unspecified atom stereocenters. The molecular formula is C34H45F3N6O7S. The van der Waals surface area contributed by atoms with Crippen molar-refractivity contribution in [2.45, 2.75) is 87.5 Å². The molecular weight excluding hydrogens is 693 g/mol. The Morgan fingerprint density at radius 2 is 1.86 bits per heavy atom. The summed E-state index contributed by atoms with van der Waals surface area (Å²) in [4.78, 5) is 27.9. The Hall–Kier alpha value is -3.09. The van der Waals surface area contributed by atoms with Crippen molar-refractivity contribution in [1.29, 1.82) is 0 Å². The number of rotatable bonds is 11. The van der Waals surface area contributed by atoms with Crippen molar-refractivity contribution in [2.75, 3.05) is 57.4 Å². The number of halogens is 3. The maximum atomic E-state index is 14.5. The fourth-order valence-electron chi connectivity index (χ4n) is 7.80. The first-order valence-electron chi connectivity index (χ1n) is 17.5. The first-order valence-corrected chi connectivity index (χ1v) is 19.1. The SMILES string of the molecule is CC(C)N(C(=O)c1cc(F)ccc1Oc1cncnc1N1CC2(CCN(C[C@@]3(O)CC[C@@H](NS(=O)(=O)C4COC4)CO3)CC2)C1)C1CC(F)(F)C1. The van der Waals surface area contributed by atoms with Crippen molar-refractivity contribution < 1.29 is 45.7 Å². The quantitative estimate of drug-likeness (QED) is 0.351. The van der Waals surface area contributed by atoms with Crippen molar-refractivity contribution in [1.82, 2.24) is 24.5 Å². The third-order valence-electron chi connectivity index (χ3n) is 10.9. The summed E-state index contributed by atoms with van der Waals surface area (Å²) in [5, 5.41) is 10.6. The van der Waals surface area contributed by atoms with Crippen LogP contribution in [-0.4, -0.2) is 127 Å².